The second-order valence-corrected chi connectivity index (χ2v) is 5.23. The molecule has 1 aliphatic rings. The van der Waals surface area contributed by atoms with Crippen LogP contribution in [0.1, 0.15) is 24.8 Å². The van der Waals surface area contributed by atoms with Crippen LogP contribution in [0.5, 0.6) is 0 Å². The summed E-state index contributed by atoms with van der Waals surface area (Å²) in [5.74, 6) is -0.341. The van der Waals surface area contributed by atoms with Crippen LogP contribution in [-0.4, -0.2) is 31.1 Å². The van der Waals surface area contributed by atoms with E-state index in [9.17, 15) is 4.39 Å². The zero-order valence-corrected chi connectivity index (χ0v) is 11.3. The van der Waals surface area contributed by atoms with Crippen LogP contribution < -0.4 is 5.32 Å². The smallest absolute Gasteiger partial charge is 0.142 e. The zero-order chi connectivity index (χ0) is 12.8. The summed E-state index contributed by atoms with van der Waals surface area (Å²) < 4.78 is 13.2. The third-order valence-electron chi connectivity index (χ3n) is 3.37. The van der Waals surface area contributed by atoms with Gasteiger partial charge in [0, 0.05) is 19.6 Å². The Bertz CT molecular complexity index is 378. The highest BCUT2D eigenvalue weighted by atomic mass is 35.5. The van der Waals surface area contributed by atoms with E-state index in [1.165, 1.54) is 38.4 Å². The number of piperidine rings is 1. The number of rotatable bonds is 5. The van der Waals surface area contributed by atoms with Crippen molar-refractivity contribution in [3.63, 3.8) is 0 Å². The summed E-state index contributed by atoms with van der Waals surface area (Å²) in [4.78, 5) is 2.49. The summed E-state index contributed by atoms with van der Waals surface area (Å²) in [7, 11) is 0. The number of halogens is 2. The maximum Gasteiger partial charge on any atom is 0.142 e. The van der Waals surface area contributed by atoms with Crippen LogP contribution in [0.25, 0.3) is 0 Å². The molecule has 18 heavy (non-hydrogen) atoms. The second kappa shape index (κ2) is 7.07. The Balaban J connectivity index is 1.66. The van der Waals surface area contributed by atoms with Crippen molar-refractivity contribution in [3.05, 3.63) is 34.6 Å². The Morgan fingerprint density at radius 1 is 1.22 bits per heavy atom. The third kappa shape index (κ3) is 4.23. The first-order chi connectivity index (χ1) is 8.75. The van der Waals surface area contributed by atoms with E-state index in [2.05, 4.69) is 10.2 Å². The molecule has 0 amide bonds. The van der Waals surface area contributed by atoms with E-state index < -0.39 is 0 Å². The Morgan fingerprint density at radius 3 is 2.72 bits per heavy atom. The molecular formula is C14H20ClFN2. The number of nitrogens with zero attached hydrogens (tertiary/aromatic N) is 1. The quantitative estimate of drug-likeness (QED) is 0.828. The van der Waals surface area contributed by atoms with Gasteiger partial charge >= 0.3 is 0 Å². The molecule has 0 radical (unpaired) electrons. The molecule has 1 fully saturated rings. The largest absolute Gasteiger partial charge is 0.311 e. The van der Waals surface area contributed by atoms with Crippen LogP contribution in [0.15, 0.2) is 18.2 Å². The van der Waals surface area contributed by atoms with Gasteiger partial charge in [0.25, 0.3) is 0 Å². The van der Waals surface area contributed by atoms with Crippen molar-refractivity contribution in [2.75, 3.05) is 26.2 Å². The summed E-state index contributed by atoms with van der Waals surface area (Å²) in [6, 6.07) is 4.97. The van der Waals surface area contributed by atoms with Crippen LogP contribution in [0.3, 0.4) is 0 Å². The predicted molar refractivity (Wildman–Crippen MR) is 73.4 cm³/mol. The lowest BCUT2D eigenvalue weighted by atomic mass is 10.1. The molecule has 0 spiro atoms. The molecule has 0 aliphatic carbocycles. The second-order valence-electron chi connectivity index (χ2n) is 4.83. The minimum absolute atomic E-state index is 0.187. The topological polar surface area (TPSA) is 15.3 Å². The van der Waals surface area contributed by atoms with E-state index in [1.54, 1.807) is 6.07 Å². The Hall–Kier alpha value is -0.640. The van der Waals surface area contributed by atoms with Crippen LogP contribution in [0, 0.1) is 5.82 Å². The van der Waals surface area contributed by atoms with Crippen LogP contribution in [-0.2, 0) is 6.54 Å². The molecule has 0 bridgehead atoms. The van der Waals surface area contributed by atoms with E-state index in [0.717, 1.165) is 18.7 Å². The molecule has 1 saturated heterocycles. The molecule has 1 aromatic carbocycles. The standard InChI is InChI=1S/C14H20ClFN2/c15-13-5-4-12(10-14(13)16)11-17-6-9-18-7-2-1-3-8-18/h4-5,10,17H,1-3,6-9,11H2. The van der Waals surface area contributed by atoms with E-state index in [4.69, 9.17) is 11.6 Å². The van der Waals surface area contributed by atoms with E-state index in [-0.39, 0.29) is 10.8 Å². The molecule has 4 heteroatoms. The lowest BCUT2D eigenvalue weighted by Gasteiger charge is -2.26. The Labute approximate surface area is 113 Å². The van der Waals surface area contributed by atoms with E-state index in [0.29, 0.717) is 6.54 Å². The number of hydrogen-bond acceptors (Lipinski definition) is 2. The van der Waals surface area contributed by atoms with Crippen molar-refractivity contribution >= 4 is 11.6 Å². The highest BCUT2D eigenvalue weighted by Gasteiger charge is 2.08. The zero-order valence-electron chi connectivity index (χ0n) is 10.6. The molecule has 1 heterocycles. The molecule has 1 N–H and O–H groups in total. The molecule has 1 aliphatic heterocycles. The van der Waals surface area contributed by atoms with Gasteiger partial charge in [-0.25, -0.2) is 4.39 Å². The number of likely N-dealkylation sites (tertiary alicyclic amines) is 1. The molecule has 100 valence electrons. The van der Waals surface area contributed by atoms with Gasteiger partial charge in [-0.05, 0) is 43.6 Å². The van der Waals surface area contributed by atoms with Gasteiger partial charge in [0.05, 0.1) is 5.02 Å². The van der Waals surface area contributed by atoms with E-state index in [1.807, 2.05) is 6.07 Å². The van der Waals surface area contributed by atoms with Crippen molar-refractivity contribution < 1.29 is 4.39 Å². The first-order valence-corrected chi connectivity index (χ1v) is 7.00. The van der Waals surface area contributed by atoms with Crippen molar-refractivity contribution in [1.29, 1.82) is 0 Å². The van der Waals surface area contributed by atoms with Gasteiger partial charge in [0.15, 0.2) is 0 Å². The summed E-state index contributed by atoms with van der Waals surface area (Å²) >= 11 is 5.64. The number of nitrogens with one attached hydrogen (secondary N) is 1. The SMILES string of the molecule is Fc1cc(CNCCN2CCCCC2)ccc1Cl. The Kier molecular flexibility index (Phi) is 5.42. The fourth-order valence-corrected chi connectivity index (χ4v) is 2.42. The van der Waals surface area contributed by atoms with E-state index >= 15 is 0 Å². The Morgan fingerprint density at radius 2 is 2.00 bits per heavy atom. The van der Waals surface area contributed by atoms with Gasteiger partial charge in [0.1, 0.15) is 5.82 Å². The molecule has 2 rings (SSSR count). The lowest BCUT2D eigenvalue weighted by Crippen LogP contribution is -2.35. The predicted octanol–water partition coefficient (Wildman–Crippen LogP) is 3.05. The molecular weight excluding hydrogens is 251 g/mol. The summed E-state index contributed by atoms with van der Waals surface area (Å²) in [6.07, 6.45) is 4.01. The fourth-order valence-electron chi connectivity index (χ4n) is 2.30. The number of hydrogen-bond donors (Lipinski definition) is 1. The summed E-state index contributed by atoms with van der Waals surface area (Å²) in [5, 5.41) is 3.53. The summed E-state index contributed by atoms with van der Waals surface area (Å²) in [6.45, 7) is 5.16. The molecule has 0 saturated carbocycles. The van der Waals surface area contributed by atoms with Crippen molar-refractivity contribution in [2.45, 2.75) is 25.8 Å². The van der Waals surface area contributed by atoms with Gasteiger partial charge in [-0.15, -0.1) is 0 Å². The summed E-state index contributed by atoms with van der Waals surface area (Å²) in [5.41, 5.74) is 0.940. The van der Waals surface area contributed by atoms with Gasteiger partial charge in [0.2, 0.25) is 0 Å². The van der Waals surface area contributed by atoms with Crippen molar-refractivity contribution in [1.82, 2.24) is 10.2 Å². The normalized spacial score (nSPS) is 17.0. The van der Waals surface area contributed by atoms with Gasteiger partial charge in [-0.2, -0.15) is 0 Å². The van der Waals surface area contributed by atoms with Crippen molar-refractivity contribution in [2.24, 2.45) is 0 Å². The van der Waals surface area contributed by atoms with Gasteiger partial charge in [-0.1, -0.05) is 24.1 Å². The molecule has 0 unspecified atom stereocenters. The average Bonchev–Trinajstić information content (AvgIpc) is 2.40. The highest BCUT2D eigenvalue weighted by molar-refractivity contribution is 6.30. The highest BCUT2D eigenvalue weighted by Crippen LogP contribution is 2.15. The first kappa shape index (κ1) is 13.8. The first-order valence-electron chi connectivity index (χ1n) is 6.63. The van der Waals surface area contributed by atoms with Crippen LogP contribution in [0.2, 0.25) is 5.02 Å². The fraction of sp³-hybridized carbons (Fsp3) is 0.571. The van der Waals surface area contributed by atoms with Crippen LogP contribution in [0.4, 0.5) is 4.39 Å². The van der Waals surface area contributed by atoms with Crippen molar-refractivity contribution in [3.8, 4) is 0 Å². The van der Waals surface area contributed by atoms with Gasteiger partial charge in [-0.3, -0.25) is 0 Å². The lowest BCUT2D eigenvalue weighted by molar-refractivity contribution is 0.229. The van der Waals surface area contributed by atoms with Crippen LogP contribution >= 0.6 is 11.6 Å². The average molecular weight is 271 g/mol. The maximum atomic E-state index is 13.2. The monoisotopic (exact) mass is 270 g/mol. The molecule has 1 aromatic rings. The minimum Gasteiger partial charge on any atom is -0.311 e. The third-order valence-corrected chi connectivity index (χ3v) is 3.67. The number of benzene rings is 1. The molecule has 2 nitrogen and oxygen atoms in total. The van der Waals surface area contributed by atoms with Gasteiger partial charge < -0.3 is 10.2 Å². The maximum absolute atomic E-state index is 13.2. The molecule has 0 atom stereocenters. The minimum atomic E-state index is -0.341. The molecule has 0 aromatic heterocycles.